The molecule has 1 aromatic heterocycles. The number of aliphatic hydroxyl groups is 1. The number of rotatable bonds is 3. The van der Waals surface area contributed by atoms with E-state index in [-0.39, 0.29) is 12.0 Å². The summed E-state index contributed by atoms with van der Waals surface area (Å²) < 4.78 is 0. The van der Waals surface area contributed by atoms with Crippen molar-refractivity contribution in [2.45, 2.75) is 38.7 Å². The summed E-state index contributed by atoms with van der Waals surface area (Å²) in [6.45, 7) is 5.99. The Morgan fingerprint density at radius 3 is 2.77 bits per heavy atom. The number of aromatic nitrogens is 2. The van der Waals surface area contributed by atoms with Gasteiger partial charge in [-0.05, 0) is 19.8 Å². The van der Waals surface area contributed by atoms with Crippen molar-refractivity contribution in [1.82, 2.24) is 19.9 Å². The molecule has 8 heteroatoms. The molecule has 0 aliphatic carbocycles. The number of hydrazone groups is 1. The first-order chi connectivity index (χ1) is 12.6. The molecule has 0 radical (unpaired) electrons. The largest absolute Gasteiger partial charge is 0.391 e. The van der Waals surface area contributed by atoms with Crippen LogP contribution in [0, 0.1) is 0 Å². The number of β-amino-alcohol motifs (C(OH)–C–C–N with tert-alkyl or cyclic N) is 1. The third kappa shape index (κ3) is 3.51. The van der Waals surface area contributed by atoms with Crippen LogP contribution in [0.5, 0.6) is 0 Å². The van der Waals surface area contributed by atoms with E-state index in [2.05, 4.69) is 20.0 Å². The monoisotopic (exact) mass is 358 g/mol. The number of carbonyl (C=O) groups excluding carboxylic acids is 1. The number of hydrogen-bond donors (Lipinski definition) is 1. The number of hydrogen-bond acceptors (Lipinski definition) is 7. The van der Waals surface area contributed by atoms with Crippen LogP contribution in [-0.4, -0.2) is 82.0 Å². The van der Waals surface area contributed by atoms with Crippen LogP contribution in [0.1, 0.15) is 31.0 Å². The minimum atomic E-state index is -0.283. The van der Waals surface area contributed by atoms with E-state index in [0.717, 1.165) is 61.6 Å². The van der Waals surface area contributed by atoms with Gasteiger partial charge in [0.2, 0.25) is 5.91 Å². The highest BCUT2D eigenvalue weighted by molar-refractivity contribution is 5.84. The number of anilines is 1. The number of carbonyl (C=O) groups is 1. The molecule has 1 N–H and O–H groups in total. The van der Waals surface area contributed by atoms with Gasteiger partial charge in [0.25, 0.3) is 0 Å². The smallest absolute Gasteiger partial charge is 0.243 e. The van der Waals surface area contributed by atoms with Crippen molar-refractivity contribution in [3.8, 4) is 0 Å². The third-order valence-corrected chi connectivity index (χ3v) is 5.44. The molecular formula is C18H26N6O2. The quantitative estimate of drug-likeness (QED) is 0.822. The fraction of sp³-hybridized carbons (Fsp3) is 0.667. The lowest BCUT2D eigenvalue weighted by molar-refractivity contribution is -0.132. The first-order valence-electron chi connectivity index (χ1n) is 9.42. The SMILES string of the molecule is CC1=NN(CC(=O)N2CCc3ncnc(N4CCC(O)C4)c3CC2)CC1. The van der Waals surface area contributed by atoms with Gasteiger partial charge in [-0.3, -0.25) is 9.80 Å². The fourth-order valence-electron chi connectivity index (χ4n) is 3.97. The second kappa shape index (κ2) is 7.19. The summed E-state index contributed by atoms with van der Waals surface area (Å²) in [7, 11) is 0. The topological polar surface area (TPSA) is 85.2 Å². The van der Waals surface area contributed by atoms with Crippen LogP contribution < -0.4 is 4.90 Å². The fourth-order valence-corrected chi connectivity index (χ4v) is 3.97. The molecule has 0 saturated carbocycles. The predicted octanol–water partition coefficient (Wildman–Crippen LogP) is 0.0564. The van der Waals surface area contributed by atoms with Crippen LogP contribution in [0.3, 0.4) is 0 Å². The molecule has 4 heterocycles. The molecule has 0 bridgehead atoms. The van der Waals surface area contributed by atoms with E-state index < -0.39 is 0 Å². The van der Waals surface area contributed by atoms with Gasteiger partial charge in [0.1, 0.15) is 18.7 Å². The molecule has 0 spiro atoms. The highest BCUT2D eigenvalue weighted by Gasteiger charge is 2.28. The average molecular weight is 358 g/mol. The second-order valence-corrected chi connectivity index (χ2v) is 7.37. The summed E-state index contributed by atoms with van der Waals surface area (Å²) in [5.74, 6) is 1.06. The van der Waals surface area contributed by atoms with Crippen molar-refractivity contribution >= 4 is 17.4 Å². The Hall–Kier alpha value is -2.22. The summed E-state index contributed by atoms with van der Waals surface area (Å²) >= 11 is 0. The van der Waals surface area contributed by atoms with Gasteiger partial charge in [-0.1, -0.05) is 0 Å². The predicted molar refractivity (Wildman–Crippen MR) is 98.2 cm³/mol. The van der Waals surface area contributed by atoms with Gasteiger partial charge in [0, 0.05) is 56.8 Å². The Bertz CT molecular complexity index is 722. The highest BCUT2D eigenvalue weighted by Crippen LogP contribution is 2.26. The van der Waals surface area contributed by atoms with Gasteiger partial charge in [-0.25, -0.2) is 9.97 Å². The van der Waals surface area contributed by atoms with E-state index in [1.54, 1.807) is 6.33 Å². The van der Waals surface area contributed by atoms with Crippen molar-refractivity contribution < 1.29 is 9.90 Å². The maximum Gasteiger partial charge on any atom is 0.243 e. The first-order valence-corrected chi connectivity index (χ1v) is 9.42. The molecule has 4 rings (SSSR count). The van der Waals surface area contributed by atoms with Crippen molar-refractivity contribution in [2.24, 2.45) is 5.10 Å². The van der Waals surface area contributed by atoms with Crippen molar-refractivity contribution in [3.05, 3.63) is 17.6 Å². The van der Waals surface area contributed by atoms with Gasteiger partial charge in [0.05, 0.1) is 11.8 Å². The molecule has 1 amide bonds. The van der Waals surface area contributed by atoms with Crippen LogP contribution in [-0.2, 0) is 17.6 Å². The summed E-state index contributed by atoms with van der Waals surface area (Å²) in [4.78, 5) is 25.7. The second-order valence-electron chi connectivity index (χ2n) is 7.37. The zero-order chi connectivity index (χ0) is 18.1. The van der Waals surface area contributed by atoms with E-state index in [4.69, 9.17) is 0 Å². The zero-order valence-electron chi connectivity index (χ0n) is 15.3. The van der Waals surface area contributed by atoms with Crippen LogP contribution in [0.15, 0.2) is 11.4 Å². The van der Waals surface area contributed by atoms with Gasteiger partial charge >= 0.3 is 0 Å². The van der Waals surface area contributed by atoms with E-state index >= 15 is 0 Å². The number of amides is 1. The Labute approximate surface area is 153 Å². The highest BCUT2D eigenvalue weighted by atomic mass is 16.3. The maximum atomic E-state index is 12.7. The van der Waals surface area contributed by atoms with Crippen LogP contribution >= 0.6 is 0 Å². The van der Waals surface area contributed by atoms with Gasteiger partial charge in [-0.15, -0.1) is 0 Å². The Balaban J connectivity index is 1.44. The lowest BCUT2D eigenvalue weighted by atomic mass is 10.1. The average Bonchev–Trinajstić information content (AvgIpc) is 3.16. The molecule has 1 saturated heterocycles. The molecule has 0 aromatic carbocycles. The standard InChI is InChI=1S/C18H26N6O2/c1-13-2-9-24(21-13)11-17(26)22-7-4-15-16(5-8-22)19-12-20-18(15)23-6-3-14(25)10-23/h12,14,25H,2-11H2,1H3. The molecule has 1 unspecified atom stereocenters. The molecule has 1 aromatic rings. The molecule has 8 nitrogen and oxygen atoms in total. The van der Waals surface area contributed by atoms with E-state index in [1.807, 2.05) is 16.8 Å². The van der Waals surface area contributed by atoms with E-state index in [1.165, 1.54) is 0 Å². The number of fused-ring (bicyclic) bond motifs is 1. The molecule has 140 valence electrons. The van der Waals surface area contributed by atoms with E-state index in [9.17, 15) is 9.90 Å². The molecule has 3 aliphatic rings. The third-order valence-electron chi connectivity index (χ3n) is 5.44. The van der Waals surface area contributed by atoms with E-state index in [0.29, 0.717) is 26.2 Å². The summed E-state index contributed by atoms with van der Waals surface area (Å²) in [5, 5.41) is 16.1. The molecule has 3 aliphatic heterocycles. The van der Waals surface area contributed by atoms with Crippen LogP contribution in [0.25, 0.3) is 0 Å². The minimum absolute atomic E-state index is 0.127. The molecule has 26 heavy (non-hydrogen) atoms. The van der Waals surface area contributed by atoms with Crippen molar-refractivity contribution in [3.63, 3.8) is 0 Å². The van der Waals surface area contributed by atoms with Gasteiger partial charge in [0.15, 0.2) is 0 Å². The Morgan fingerprint density at radius 2 is 2.04 bits per heavy atom. The van der Waals surface area contributed by atoms with Crippen LogP contribution in [0.2, 0.25) is 0 Å². The van der Waals surface area contributed by atoms with Crippen LogP contribution in [0.4, 0.5) is 5.82 Å². The number of nitrogens with zero attached hydrogens (tertiary/aromatic N) is 6. The molecule has 1 atom stereocenters. The minimum Gasteiger partial charge on any atom is -0.391 e. The van der Waals surface area contributed by atoms with Gasteiger partial charge in [-0.2, -0.15) is 5.10 Å². The zero-order valence-corrected chi connectivity index (χ0v) is 15.3. The first kappa shape index (κ1) is 17.2. The summed E-state index contributed by atoms with van der Waals surface area (Å²) in [6, 6.07) is 0. The normalized spacial score (nSPS) is 23.1. The van der Waals surface area contributed by atoms with Crippen molar-refractivity contribution in [2.75, 3.05) is 44.2 Å². The van der Waals surface area contributed by atoms with Gasteiger partial charge < -0.3 is 14.9 Å². The maximum absolute atomic E-state index is 12.7. The summed E-state index contributed by atoms with van der Waals surface area (Å²) in [5.41, 5.74) is 3.25. The molecule has 1 fully saturated rings. The Morgan fingerprint density at radius 1 is 1.19 bits per heavy atom. The van der Waals surface area contributed by atoms with Crippen molar-refractivity contribution in [1.29, 1.82) is 0 Å². The number of aliphatic hydroxyl groups excluding tert-OH is 1. The molecular weight excluding hydrogens is 332 g/mol. The lowest BCUT2D eigenvalue weighted by Crippen LogP contribution is -2.39. The lowest BCUT2D eigenvalue weighted by Gasteiger charge is -2.23. The Kier molecular flexibility index (Phi) is 4.76. The summed E-state index contributed by atoms with van der Waals surface area (Å²) in [6.07, 6.45) is 4.55.